The minimum atomic E-state index is -4.06. The molecule has 0 fully saturated rings. The quantitative estimate of drug-likeness (QED) is 0.468. The molecule has 0 aliphatic rings. The van der Waals surface area contributed by atoms with Gasteiger partial charge in [-0.25, -0.2) is 19.5 Å². The molecule has 10 heteroatoms. The molecule has 0 aliphatic heterocycles. The fourth-order valence-electron chi connectivity index (χ4n) is 3.19. The van der Waals surface area contributed by atoms with Gasteiger partial charge >= 0.3 is 6.01 Å². The van der Waals surface area contributed by atoms with Crippen LogP contribution in [0.5, 0.6) is 11.8 Å². The first-order valence-electron chi connectivity index (χ1n) is 9.25. The van der Waals surface area contributed by atoms with Gasteiger partial charge in [0.05, 0.1) is 5.69 Å². The lowest BCUT2D eigenvalue weighted by Gasteiger charge is -2.18. The first-order valence-corrected chi connectivity index (χ1v) is 11.6. The predicted octanol–water partition coefficient (Wildman–Crippen LogP) is 4.16. The van der Waals surface area contributed by atoms with Crippen molar-refractivity contribution in [3.8, 4) is 11.8 Å². The molecule has 2 aromatic heterocycles. The van der Waals surface area contributed by atoms with Crippen molar-refractivity contribution in [2.75, 3.05) is 11.4 Å². The van der Waals surface area contributed by atoms with Crippen molar-refractivity contribution >= 4 is 37.3 Å². The minimum absolute atomic E-state index is 0.0858. The first kappa shape index (κ1) is 21.2. The number of anilines is 1. The summed E-state index contributed by atoms with van der Waals surface area (Å²) in [6, 6.07) is 12.3. The third kappa shape index (κ3) is 4.36. The number of aryl methyl sites for hydroxylation is 1. The summed E-state index contributed by atoms with van der Waals surface area (Å²) in [5.74, 6) is -0.00409. The molecule has 2 aromatic carbocycles. The van der Waals surface area contributed by atoms with Crippen LogP contribution in [0.25, 0.3) is 10.1 Å². The smallest absolute Gasteiger partial charge is 0.321 e. The van der Waals surface area contributed by atoms with Gasteiger partial charge in [0.15, 0.2) is 5.82 Å². The highest BCUT2D eigenvalue weighted by molar-refractivity contribution is 7.90. The lowest BCUT2D eigenvalue weighted by atomic mass is 10.1. The van der Waals surface area contributed by atoms with Crippen LogP contribution >= 0.6 is 11.3 Å². The molecule has 0 unspecified atom stereocenters. The maximum absolute atomic E-state index is 15.0. The molecule has 0 saturated heterocycles. The lowest BCUT2D eigenvalue weighted by Crippen LogP contribution is -2.33. The SMILES string of the molecule is Cc1c(Cc2cccc(N(C)S(N)(=O)=O)c2F)sc2cc(Oc3ncccn3)ccc12. The predicted molar refractivity (Wildman–Crippen MR) is 119 cm³/mol. The third-order valence-corrected chi connectivity index (χ3v) is 7.10. The number of benzene rings is 2. The summed E-state index contributed by atoms with van der Waals surface area (Å²) in [6.07, 6.45) is 3.52. The van der Waals surface area contributed by atoms with Crippen LogP contribution in [-0.4, -0.2) is 25.4 Å². The van der Waals surface area contributed by atoms with Gasteiger partial charge in [-0.05, 0) is 53.8 Å². The molecule has 0 bridgehead atoms. The number of rotatable bonds is 6. The molecule has 4 rings (SSSR count). The summed E-state index contributed by atoms with van der Waals surface area (Å²) in [6.45, 7) is 1.98. The van der Waals surface area contributed by atoms with Crippen LogP contribution < -0.4 is 14.2 Å². The maximum atomic E-state index is 15.0. The van der Waals surface area contributed by atoms with Gasteiger partial charge in [0, 0.05) is 35.4 Å². The topological polar surface area (TPSA) is 98.4 Å². The van der Waals surface area contributed by atoms with E-state index in [1.807, 2.05) is 25.1 Å². The van der Waals surface area contributed by atoms with Crippen molar-refractivity contribution in [2.24, 2.45) is 5.14 Å². The fraction of sp³-hybridized carbons (Fsp3) is 0.143. The molecular formula is C21H19FN4O3S2. The van der Waals surface area contributed by atoms with Crippen LogP contribution in [0.3, 0.4) is 0 Å². The Hall–Kier alpha value is -3.08. The van der Waals surface area contributed by atoms with Gasteiger partial charge in [-0.15, -0.1) is 11.3 Å². The number of halogens is 1. The Bertz CT molecular complexity index is 1360. The molecule has 160 valence electrons. The van der Waals surface area contributed by atoms with E-state index < -0.39 is 16.0 Å². The van der Waals surface area contributed by atoms with Crippen molar-refractivity contribution in [3.63, 3.8) is 0 Å². The zero-order chi connectivity index (χ0) is 22.2. The highest BCUT2D eigenvalue weighted by atomic mass is 32.2. The standard InChI is InChI=1S/C21H19FN4O3S2/c1-13-16-8-7-15(29-21-24-9-4-10-25-21)12-19(16)30-18(13)11-14-5-3-6-17(20(14)22)26(2)31(23,27)28/h3-10,12H,11H2,1-2H3,(H2,23,27,28). The van der Waals surface area contributed by atoms with Gasteiger partial charge in [-0.3, -0.25) is 4.31 Å². The van der Waals surface area contributed by atoms with E-state index in [1.54, 1.807) is 30.6 Å². The Labute approximate surface area is 183 Å². The number of thiophene rings is 1. The van der Waals surface area contributed by atoms with Crippen molar-refractivity contribution in [3.05, 3.63) is 76.7 Å². The normalized spacial score (nSPS) is 11.6. The monoisotopic (exact) mass is 458 g/mol. The second kappa shape index (κ2) is 8.22. The molecule has 0 atom stereocenters. The van der Waals surface area contributed by atoms with E-state index >= 15 is 4.39 Å². The largest absolute Gasteiger partial charge is 0.424 e. The molecule has 0 aliphatic carbocycles. The van der Waals surface area contributed by atoms with Gasteiger partial charge in [0.2, 0.25) is 0 Å². The maximum Gasteiger partial charge on any atom is 0.321 e. The number of aromatic nitrogens is 2. The molecule has 7 nitrogen and oxygen atoms in total. The average Bonchev–Trinajstić information content (AvgIpc) is 3.04. The van der Waals surface area contributed by atoms with E-state index in [9.17, 15) is 8.42 Å². The summed E-state index contributed by atoms with van der Waals surface area (Å²) in [5.41, 5.74) is 1.33. The van der Waals surface area contributed by atoms with Gasteiger partial charge in [0.1, 0.15) is 5.75 Å². The van der Waals surface area contributed by atoms with E-state index in [2.05, 4.69) is 9.97 Å². The van der Waals surface area contributed by atoms with E-state index in [4.69, 9.17) is 9.88 Å². The first-order chi connectivity index (χ1) is 14.7. The third-order valence-electron chi connectivity index (χ3n) is 4.89. The summed E-state index contributed by atoms with van der Waals surface area (Å²) < 4.78 is 45.7. The van der Waals surface area contributed by atoms with Crippen LogP contribution in [0.1, 0.15) is 16.0 Å². The van der Waals surface area contributed by atoms with Crippen molar-refractivity contribution in [1.29, 1.82) is 0 Å². The molecule has 31 heavy (non-hydrogen) atoms. The van der Waals surface area contributed by atoms with Crippen LogP contribution in [0, 0.1) is 12.7 Å². The summed E-state index contributed by atoms with van der Waals surface area (Å²) in [5, 5.41) is 6.18. The summed E-state index contributed by atoms with van der Waals surface area (Å²) in [7, 11) is -2.83. The van der Waals surface area contributed by atoms with Crippen LogP contribution in [-0.2, 0) is 16.6 Å². The van der Waals surface area contributed by atoms with E-state index in [0.717, 1.165) is 24.8 Å². The van der Waals surface area contributed by atoms with Crippen molar-refractivity contribution < 1.29 is 17.5 Å². The second-order valence-corrected chi connectivity index (χ2v) is 9.60. The molecule has 0 spiro atoms. The fourth-order valence-corrected chi connectivity index (χ4v) is 4.87. The number of ether oxygens (including phenoxy) is 1. The molecule has 4 aromatic rings. The Kier molecular flexibility index (Phi) is 5.61. The molecule has 2 heterocycles. The Balaban J connectivity index is 1.66. The Morgan fingerprint density at radius 3 is 2.61 bits per heavy atom. The molecule has 0 amide bonds. The minimum Gasteiger partial charge on any atom is -0.424 e. The molecule has 0 saturated carbocycles. The van der Waals surface area contributed by atoms with E-state index in [-0.39, 0.29) is 11.7 Å². The van der Waals surface area contributed by atoms with Gasteiger partial charge in [0.25, 0.3) is 10.2 Å². The summed E-state index contributed by atoms with van der Waals surface area (Å²) >= 11 is 1.53. The number of nitrogens with two attached hydrogens (primary N) is 1. The Morgan fingerprint density at radius 2 is 1.90 bits per heavy atom. The number of fused-ring (bicyclic) bond motifs is 1. The van der Waals surface area contributed by atoms with Crippen LogP contribution in [0.2, 0.25) is 0 Å². The molecule has 0 radical (unpaired) electrons. The van der Waals surface area contributed by atoms with Gasteiger partial charge < -0.3 is 4.74 Å². The molecular weight excluding hydrogens is 439 g/mol. The zero-order valence-electron chi connectivity index (χ0n) is 16.7. The zero-order valence-corrected chi connectivity index (χ0v) is 18.4. The second-order valence-electron chi connectivity index (χ2n) is 6.88. The Morgan fingerprint density at radius 1 is 1.16 bits per heavy atom. The van der Waals surface area contributed by atoms with Crippen LogP contribution in [0.4, 0.5) is 10.1 Å². The van der Waals surface area contributed by atoms with Gasteiger partial charge in [-0.1, -0.05) is 12.1 Å². The highest BCUT2D eigenvalue weighted by Gasteiger charge is 2.20. The summed E-state index contributed by atoms with van der Waals surface area (Å²) in [4.78, 5) is 9.08. The van der Waals surface area contributed by atoms with Crippen molar-refractivity contribution in [1.82, 2.24) is 9.97 Å². The van der Waals surface area contributed by atoms with Crippen molar-refractivity contribution in [2.45, 2.75) is 13.3 Å². The lowest BCUT2D eigenvalue weighted by molar-refractivity contribution is 0.442. The van der Waals surface area contributed by atoms with Gasteiger partial charge in [-0.2, -0.15) is 8.42 Å². The van der Waals surface area contributed by atoms with E-state index in [0.29, 0.717) is 17.7 Å². The molecule has 2 N–H and O–H groups in total. The number of hydrogen-bond donors (Lipinski definition) is 1. The highest BCUT2D eigenvalue weighted by Crippen LogP contribution is 2.36. The van der Waals surface area contributed by atoms with E-state index in [1.165, 1.54) is 24.5 Å². The number of nitrogens with zero attached hydrogens (tertiary/aromatic N) is 3. The van der Waals surface area contributed by atoms with Crippen LogP contribution in [0.15, 0.2) is 54.9 Å². The number of hydrogen-bond acceptors (Lipinski definition) is 6. The average molecular weight is 459 g/mol.